The van der Waals surface area contributed by atoms with Crippen molar-refractivity contribution in [2.24, 2.45) is 0 Å². The quantitative estimate of drug-likeness (QED) is 0.0475. The molecule has 6 aromatic carbocycles. The first-order chi connectivity index (χ1) is 60.3. The van der Waals surface area contributed by atoms with Gasteiger partial charge in [0.05, 0.1) is 6.04 Å². The monoisotopic (exact) mass is 1740 g/mol. The average molecular weight is 1740 g/mol. The fourth-order valence-electron chi connectivity index (χ4n) is 18.2. The summed E-state index contributed by atoms with van der Waals surface area (Å²) in [6.07, 6.45) is 23.5. The second kappa shape index (κ2) is 46.7. The Balaban J connectivity index is 0.000000182. The Kier molecular flexibility index (Phi) is 36.2. The number of hydrogen-bond acceptors (Lipinski definition) is 13. The van der Waals surface area contributed by atoms with Crippen molar-refractivity contribution in [1.82, 2.24) is 36.0 Å². The molecule has 9 amide bonds. The molecule has 126 heavy (non-hydrogen) atoms. The number of carbonyl (C=O) groups excluding carboxylic acids is 9. The molecule has 682 valence electrons. The van der Waals surface area contributed by atoms with Crippen molar-refractivity contribution in [3.8, 4) is 0 Å². The number of carbonyl (C=O) groups is 10. The number of carboxylic acid groups (broad SMARTS) is 1. The Morgan fingerprint density at radius 2 is 0.706 bits per heavy atom. The zero-order valence-electron chi connectivity index (χ0n) is 75.4. The first-order valence-corrected chi connectivity index (χ1v) is 45.9. The molecular weight excluding hydrogens is 1610 g/mol. The SMILES string of the molecule is CC(C)(C)OC(=O)N1CCCCC1C(=O)O.CCC(=O)N1CCCCC1C(=O)N(c1cccc(F)c1)C(C(=O)NC1CCCCC1)c1ccccc1C.Cc1ccccc1C(C(=O)NC1CCCCC1)N(C(=O)C1CCCCN1)c1cccc(F)c1.Cc1ccccc1C(C(=O)NC1CCCCC1)N(C(=O)C1CCCCN1C(=O)OC(C)(C)C)c1cccc(F)c1. The molecule has 0 aromatic heterocycles. The van der Waals surface area contributed by atoms with E-state index in [1.165, 1.54) is 73.4 Å². The number of ether oxygens (including phenoxy) is 2. The predicted molar refractivity (Wildman–Crippen MR) is 483 cm³/mol. The summed E-state index contributed by atoms with van der Waals surface area (Å²) < 4.78 is 54.3. The fraction of sp³-hybridized carbons (Fsp3) is 0.540. The molecule has 6 aromatic rings. The van der Waals surface area contributed by atoms with Crippen LogP contribution in [0.5, 0.6) is 0 Å². The van der Waals surface area contributed by atoms with E-state index in [4.69, 9.17) is 14.6 Å². The highest BCUT2D eigenvalue weighted by Crippen LogP contribution is 2.39. The van der Waals surface area contributed by atoms with Gasteiger partial charge in [0.2, 0.25) is 29.5 Å². The van der Waals surface area contributed by atoms with Crippen molar-refractivity contribution >= 4 is 76.6 Å². The van der Waals surface area contributed by atoms with Gasteiger partial charge in [0.25, 0.3) is 11.8 Å². The molecule has 3 aliphatic carbocycles. The van der Waals surface area contributed by atoms with Gasteiger partial charge in [-0.2, -0.15) is 0 Å². The number of nitrogens with zero attached hydrogens (tertiary/aromatic N) is 6. The lowest BCUT2D eigenvalue weighted by Crippen LogP contribution is -2.57. The van der Waals surface area contributed by atoms with Crippen LogP contribution in [0.15, 0.2) is 146 Å². The Labute approximate surface area is 742 Å². The number of nitrogens with one attached hydrogen (secondary N) is 4. The zero-order chi connectivity index (χ0) is 90.8. The maximum absolute atomic E-state index is 14.6. The number of anilines is 3. The van der Waals surface area contributed by atoms with Crippen LogP contribution in [0.25, 0.3) is 0 Å². The van der Waals surface area contributed by atoms with Gasteiger partial charge in [0.1, 0.15) is 64.9 Å². The van der Waals surface area contributed by atoms with Gasteiger partial charge in [-0.3, -0.25) is 58.1 Å². The van der Waals surface area contributed by atoms with Gasteiger partial charge < -0.3 is 40.7 Å². The maximum atomic E-state index is 14.6. The highest BCUT2D eigenvalue weighted by Gasteiger charge is 2.46. The van der Waals surface area contributed by atoms with Crippen LogP contribution < -0.4 is 36.0 Å². The predicted octanol–water partition coefficient (Wildman–Crippen LogP) is 18.6. The topological polar surface area (TPSA) is 277 Å². The number of rotatable bonds is 20. The number of aryl methyl sites for hydroxylation is 3. The normalized spacial score (nSPS) is 19.7. The first kappa shape index (κ1) is 97.6. The third-order valence-electron chi connectivity index (χ3n) is 24.6. The minimum Gasteiger partial charge on any atom is -0.480 e. The second-order valence-electron chi connectivity index (χ2n) is 36.5. The fourth-order valence-corrected chi connectivity index (χ4v) is 18.2. The van der Waals surface area contributed by atoms with Crippen LogP contribution in [0, 0.1) is 38.2 Å². The molecule has 26 heteroatoms. The minimum atomic E-state index is -1.04. The third kappa shape index (κ3) is 27.2. The summed E-state index contributed by atoms with van der Waals surface area (Å²) in [5.74, 6) is -4.23. The van der Waals surface area contributed by atoms with Crippen LogP contribution in [0.4, 0.5) is 39.8 Å². The number of amides is 9. The van der Waals surface area contributed by atoms with E-state index in [-0.39, 0.29) is 59.3 Å². The van der Waals surface area contributed by atoms with Gasteiger partial charge in [-0.15, -0.1) is 0 Å². The summed E-state index contributed by atoms with van der Waals surface area (Å²) in [4.78, 5) is 142. The molecule has 4 heterocycles. The van der Waals surface area contributed by atoms with Crippen molar-refractivity contribution < 1.29 is 75.7 Å². The van der Waals surface area contributed by atoms with Gasteiger partial charge >= 0.3 is 18.2 Å². The van der Waals surface area contributed by atoms with E-state index in [1.54, 1.807) is 83.7 Å². The van der Waals surface area contributed by atoms with Gasteiger partial charge in [-0.05, 0) is 266 Å². The average Bonchev–Trinajstić information content (AvgIpc) is 0.781. The molecule has 4 saturated heterocycles. The number of carboxylic acids is 1. The highest BCUT2D eigenvalue weighted by molar-refractivity contribution is 6.07. The number of benzene rings is 6. The summed E-state index contributed by atoms with van der Waals surface area (Å²) in [7, 11) is 0. The summed E-state index contributed by atoms with van der Waals surface area (Å²) in [6.45, 7) is 20.3. The van der Waals surface area contributed by atoms with Crippen molar-refractivity contribution in [2.75, 3.05) is 40.9 Å². The number of halogens is 3. The summed E-state index contributed by atoms with van der Waals surface area (Å²) in [6, 6.07) is 34.8. The summed E-state index contributed by atoms with van der Waals surface area (Å²) in [5.41, 5.74) is 4.42. The molecule has 23 nitrogen and oxygen atoms in total. The highest BCUT2D eigenvalue weighted by atomic mass is 19.1. The minimum absolute atomic E-state index is 0.0187. The number of hydrogen-bond donors (Lipinski definition) is 5. The van der Waals surface area contributed by atoms with E-state index in [0.29, 0.717) is 74.2 Å². The molecule has 7 aliphatic rings. The van der Waals surface area contributed by atoms with Crippen LogP contribution in [-0.4, -0.2) is 159 Å². The standard InChI is InChI=1S/C32H42FN3O4.C30H38FN3O3.C27H34FN3O2.C11H19NO4/c1-22-13-8-9-18-26(22)28(29(37)34-24-15-6-5-7-16-24)36(25-17-12-14-23(33)21-25)30(38)27-19-10-11-20-35(27)31(39)40-32(2,3)4;1-3-27(35)33-19-10-9-18-26(33)30(37)34(24-16-11-13-22(31)20-24)28(25-17-8-7-12-21(25)2)29(36)32-23-14-5-4-6-15-23;1-19-10-5-6-15-23(19)25(26(32)30-21-12-3-2-4-13-21)31(22-14-9-11-20(28)18-22)27(33)24-16-7-8-17-29-24;1-11(2,3)16-10(15)12-7-5-4-6-8(12)9(13)14/h8-9,12-14,17-18,21,24,27-28H,5-7,10-11,15-16,19-20H2,1-4H3,(H,34,37);7-8,11-13,16-17,20,23,26,28H,3-6,9-10,14-15,18-19H2,1-2H3,(H,32,36);5-6,9-11,14-15,18,21,24-25,29H,2-4,7-8,12-13,16-17H2,1H3,(H,30,32);8H,4-7H2,1-3H3,(H,13,14). The molecule has 5 N–H and O–H groups in total. The maximum Gasteiger partial charge on any atom is 0.411 e. The molecule has 7 unspecified atom stereocenters. The van der Waals surface area contributed by atoms with E-state index in [0.717, 1.165) is 170 Å². The number of likely N-dealkylation sites (tertiary alicyclic amines) is 3. The number of aliphatic carboxylic acids is 1. The molecule has 0 radical (unpaired) electrons. The Hall–Kier alpha value is -10.6. The largest absolute Gasteiger partial charge is 0.480 e. The van der Waals surface area contributed by atoms with Gasteiger partial charge in [-0.25, -0.2) is 27.6 Å². The van der Waals surface area contributed by atoms with Gasteiger partial charge in [0, 0.05) is 61.2 Å². The van der Waals surface area contributed by atoms with E-state index < -0.39 is 95.0 Å². The molecule has 4 aliphatic heterocycles. The lowest BCUT2D eigenvalue weighted by atomic mass is 9.93. The Morgan fingerprint density at radius 3 is 1.02 bits per heavy atom. The van der Waals surface area contributed by atoms with Crippen molar-refractivity contribution in [2.45, 2.75) is 321 Å². The van der Waals surface area contributed by atoms with E-state index >= 15 is 0 Å². The van der Waals surface area contributed by atoms with Crippen molar-refractivity contribution in [3.05, 3.63) is 196 Å². The lowest BCUT2D eigenvalue weighted by Gasteiger charge is -2.41. The van der Waals surface area contributed by atoms with Gasteiger partial charge in [0.15, 0.2) is 0 Å². The molecule has 0 spiro atoms. The lowest BCUT2D eigenvalue weighted by molar-refractivity contribution is -0.144. The summed E-state index contributed by atoms with van der Waals surface area (Å²) >= 11 is 0. The van der Waals surface area contributed by atoms with Gasteiger partial charge in [-0.1, -0.05) is 162 Å². The molecule has 0 bridgehead atoms. The third-order valence-corrected chi connectivity index (χ3v) is 24.6. The van der Waals surface area contributed by atoms with Crippen LogP contribution >= 0.6 is 0 Å². The molecule has 13 rings (SSSR count). The van der Waals surface area contributed by atoms with E-state index in [2.05, 4.69) is 21.3 Å². The molecule has 3 saturated carbocycles. The van der Waals surface area contributed by atoms with Crippen LogP contribution in [0.2, 0.25) is 0 Å². The zero-order valence-corrected chi connectivity index (χ0v) is 75.4. The molecule has 7 fully saturated rings. The smallest absolute Gasteiger partial charge is 0.411 e. The Bertz CT molecular complexity index is 4660. The van der Waals surface area contributed by atoms with Crippen LogP contribution in [0.3, 0.4) is 0 Å². The van der Waals surface area contributed by atoms with Crippen LogP contribution in [-0.2, 0) is 47.8 Å². The summed E-state index contributed by atoms with van der Waals surface area (Å²) in [5, 5.41) is 21.9. The molecule has 7 atom stereocenters. The van der Waals surface area contributed by atoms with Crippen molar-refractivity contribution in [1.29, 1.82) is 0 Å². The van der Waals surface area contributed by atoms with Crippen molar-refractivity contribution in [3.63, 3.8) is 0 Å². The second-order valence-corrected chi connectivity index (χ2v) is 36.5. The Morgan fingerprint density at radius 1 is 0.397 bits per heavy atom. The number of piperidine rings is 4. The molecular formula is C100H133F3N10O13. The van der Waals surface area contributed by atoms with E-state index in [1.807, 2.05) is 93.6 Å². The van der Waals surface area contributed by atoms with E-state index in [9.17, 15) is 61.1 Å². The first-order valence-electron chi connectivity index (χ1n) is 45.9. The van der Waals surface area contributed by atoms with Crippen LogP contribution in [0.1, 0.15) is 280 Å².